The maximum absolute atomic E-state index is 14.7. The molecule has 3 heterocycles. The van der Waals surface area contributed by atoms with Crippen molar-refractivity contribution in [1.82, 2.24) is 19.7 Å². The molecule has 0 bridgehead atoms. The van der Waals surface area contributed by atoms with E-state index in [4.69, 9.17) is 16.1 Å². The first-order valence-electron chi connectivity index (χ1n) is 10.4. The first kappa shape index (κ1) is 24.7. The Kier molecular flexibility index (Phi) is 6.56. The summed E-state index contributed by atoms with van der Waals surface area (Å²) in [6, 6.07) is 4.77. The number of rotatable bonds is 4. The Balaban J connectivity index is 1.67. The Labute approximate surface area is 209 Å². The predicted octanol–water partition coefficient (Wildman–Crippen LogP) is 5.44. The highest BCUT2D eigenvalue weighted by molar-refractivity contribution is 7.98. The molecule has 4 aromatic rings. The van der Waals surface area contributed by atoms with Gasteiger partial charge in [0.05, 0.1) is 16.4 Å². The lowest BCUT2D eigenvalue weighted by Gasteiger charge is -2.13. The van der Waals surface area contributed by atoms with Crippen LogP contribution in [0.1, 0.15) is 26.5 Å². The smallest absolute Gasteiger partial charge is 0.326 e. The lowest BCUT2D eigenvalue weighted by molar-refractivity contribution is 0.261. The Morgan fingerprint density at radius 1 is 1.17 bits per heavy atom. The summed E-state index contributed by atoms with van der Waals surface area (Å²) in [6.45, 7) is 5.85. The maximum Gasteiger partial charge on any atom is 0.326 e. The van der Waals surface area contributed by atoms with Gasteiger partial charge >= 0.3 is 6.03 Å². The minimum atomic E-state index is -0.771. The number of anilines is 2. The van der Waals surface area contributed by atoms with Crippen LogP contribution in [0.2, 0.25) is 5.02 Å². The van der Waals surface area contributed by atoms with Crippen LogP contribution < -0.4 is 16.2 Å². The zero-order valence-electron chi connectivity index (χ0n) is 19.6. The summed E-state index contributed by atoms with van der Waals surface area (Å²) in [5.74, 6) is -0.664. The highest BCUT2D eigenvalue weighted by Crippen LogP contribution is 2.32. The highest BCUT2D eigenvalue weighted by Gasteiger charge is 2.21. The Hall–Kier alpha value is -3.44. The van der Waals surface area contributed by atoms with Gasteiger partial charge in [-0.3, -0.25) is 14.7 Å². The average molecular weight is 517 g/mol. The number of halogens is 2. The van der Waals surface area contributed by atoms with Crippen LogP contribution in [0.5, 0.6) is 0 Å². The number of nitrogens with zero attached hydrogens (tertiary/aromatic N) is 4. The normalized spacial score (nSPS) is 11.6. The quantitative estimate of drug-likeness (QED) is 0.274. The van der Waals surface area contributed by atoms with E-state index in [1.54, 1.807) is 25.4 Å². The second-order valence-corrected chi connectivity index (χ2v) is 9.96. The van der Waals surface area contributed by atoms with E-state index in [9.17, 15) is 14.0 Å². The van der Waals surface area contributed by atoms with E-state index in [0.717, 1.165) is 6.07 Å². The topological polar surface area (TPSA) is 115 Å². The van der Waals surface area contributed by atoms with Crippen LogP contribution in [0.15, 0.2) is 44.9 Å². The van der Waals surface area contributed by atoms with Gasteiger partial charge in [0.2, 0.25) is 5.88 Å². The van der Waals surface area contributed by atoms with Crippen LogP contribution in [0.25, 0.3) is 22.2 Å². The third-order valence-electron chi connectivity index (χ3n) is 5.22. The van der Waals surface area contributed by atoms with Crippen LogP contribution >= 0.6 is 23.4 Å². The van der Waals surface area contributed by atoms with Crippen molar-refractivity contribution in [3.8, 4) is 11.1 Å². The molecule has 2 N–H and O–H groups in total. The molecule has 0 aliphatic heterocycles. The molecule has 0 saturated heterocycles. The molecule has 3 aromatic heterocycles. The molecular weight excluding hydrogens is 495 g/mol. The number of thioether (sulfide) groups is 1. The first-order valence-corrected chi connectivity index (χ1v) is 12.0. The number of carbonyl (C=O) groups is 1. The van der Waals surface area contributed by atoms with Gasteiger partial charge in [0, 0.05) is 41.2 Å². The molecule has 0 unspecified atom stereocenters. The Morgan fingerprint density at radius 2 is 1.91 bits per heavy atom. The van der Waals surface area contributed by atoms with Gasteiger partial charge in [0.25, 0.3) is 5.56 Å². The summed E-state index contributed by atoms with van der Waals surface area (Å²) >= 11 is 7.65. The van der Waals surface area contributed by atoms with Gasteiger partial charge < -0.3 is 9.84 Å². The van der Waals surface area contributed by atoms with E-state index >= 15 is 0 Å². The Bertz CT molecular complexity index is 1510. The second-order valence-electron chi connectivity index (χ2n) is 8.78. The van der Waals surface area contributed by atoms with Crippen molar-refractivity contribution in [2.24, 2.45) is 7.05 Å². The van der Waals surface area contributed by atoms with Gasteiger partial charge in [0.15, 0.2) is 5.16 Å². The lowest BCUT2D eigenvalue weighted by Crippen LogP contribution is -2.21. The third kappa shape index (κ3) is 5.01. The number of urea groups is 1. The molecule has 0 atom stereocenters. The number of amides is 2. The van der Waals surface area contributed by atoms with Crippen molar-refractivity contribution in [3.05, 3.63) is 57.3 Å². The number of carbonyl (C=O) groups excluding carboxylic acids is 1. The number of aryl methyl sites for hydroxylation is 1. The van der Waals surface area contributed by atoms with Crippen LogP contribution in [-0.2, 0) is 12.5 Å². The first-order chi connectivity index (χ1) is 16.5. The fraction of sp³-hybridized carbons (Fsp3) is 0.261. The summed E-state index contributed by atoms with van der Waals surface area (Å²) in [6.07, 6.45) is 3.44. The molecule has 0 fully saturated rings. The van der Waals surface area contributed by atoms with Crippen molar-refractivity contribution < 1.29 is 13.7 Å². The standard InChI is InChI=1S/C23H22ClFN6O3S/c1-23(2,3)17-9-18(34-30-17)28-21(33)27-16-7-12(14(24)8-15(16)25)13-6-11-10-26-22(35-5)29-19(11)31(4)20(13)32/h6-10H,1-5H3,(H2,27,28,33). The maximum atomic E-state index is 14.7. The molecule has 9 nitrogen and oxygen atoms in total. The van der Waals surface area contributed by atoms with Gasteiger partial charge in [-0.05, 0) is 24.5 Å². The summed E-state index contributed by atoms with van der Waals surface area (Å²) < 4.78 is 21.2. The molecule has 12 heteroatoms. The van der Waals surface area contributed by atoms with Gasteiger partial charge in [0.1, 0.15) is 11.5 Å². The van der Waals surface area contributed by atoms with Gasteiger partial charge in [-0.15, -0.1) is 0 Å². The van der Waals surface area contributed by atoms with Crippen molar-refractivity contribution in [1.29, 1.82) is 0 Å². The lowest BCUT2D eigenvalue weighted by atomic mass is 9.92. The van der Waals surface area contributed by atoms with E-state index in [1.807, 2.05) is 27.0 Å². The predicted molar refractivity (Wildman–Crippen MR) is 135 cm³/mol. The fourth-order valence-corrected chi connectivity index (χ4v) is 3.91. The van der Waals surface area contributed by atoms with Crippen LogP contribution in [-0.4, -0.2) is 32.0 Å². The molecule has 4 rings (SSSR count). The zero-order valence-corrected chi connectivity index (χ0v) is 21.1. The van der Waals surface area contributed by atoms with Crippen molar-refractivity contribution in [2.75, 3.05) is 16.9 Å². The molecular formula is C23H22ClFN6O3S. The van der Waals surface area contributed by atoms with Crippen molar-refractivity contribution in [2.45, 2.75) is 31.3 Å². The number of aromatic nitrogens is 4. The van der Waals surface area contributed by atoms with E-state index in [2.05, 4.69) is 25.8 Å². The van der Waals surface area contributed by atoms with E-state index < -0.39 is 11.8 Å². The number of benzene rings is 1. The molecule has 182 valence electrons. The highest BCUT2D eigenvalue weighted by atomic mass is 35.5. The summed E-state index contributed by atoms with van der Waals surface area (Å²) in [5, 5.41) is 9.97. The Morgan fingerprint density at radius 3 is 2.57 bits per heavy atom. The SMILES string of the molecule is CSc1ncc2cc(-c3cc(NC(=O)Nc4cc(C(C)(C)C)no4)c(F)cc3Cl)c(=O)n(C)c2n1. The average Bonchev–Trinajstić information content (AvgIpc) is 3.27. The van der Waals surface area contributed by atoms with Gasteiger partial charge in [-0.1, -0.05) is 49.3 Å². The third-order valence-corrected chi connectivity index (χ3v) is 6.09. The van der Waals surface area contributed by atoms with Crippen LogP contribution in [0.4, 0.5) is 20.8 Å². The van der Waals surface area contributed by atoms with E-state index in [1.165, 1.54) is 22.4 Å². The number of fused-ring (bicyclic) bond motifs is 1. The number of nitrogens with one attached hydrogen (secondary N) is 2. The summed E-state index contributed by atoms with van der Waals surface area (Å²) in [5.41, 5.74) is 0.723. The molecule has 1 aromatic carbocycles. The molecule has 0 spiro atoms. The van der Waals surface area contributed by atoms with Gasteiger partial charge in [-0.2, -0.15) is 0 Å². The molecule has 0 aliphatic rings. The minimum Gasteiger partial charge on any atom is -0.338 e. The van der Waals surface area contributed by atoms with E-state index in [-0.39, 0.29) is 38.7 Å². The largest absolute Gasteiger partial charge is 0.338 e. The van der Waals surface area contributed by atoms with Gasteiger partial charge in [-0.25, -0.2) is 19.2 Å². The molecule has 35 heavy (non-hydrogen) atoms. The fourth-order valence-electron chi connectivity index (χ4n) is 3.33. The van der Waals surface area contributed by atoms with Crippen LogP contribution in [0, 0.1) is 5.82 Å². The molecule has 0 aliphatic carbocycles. The zero-order chi connectivity index (χ0) is 25.5. The number of hydrogen-bond donors (Lipinski definition) is 2. The molecule has 0 radical (unpaired) electrons. The molecule has 0 saturated carbocycles. The van der Waals surface area contributed by atoms with E-state index in [0.29, 0.717) is 21.9 Å². The second kappa shape index (κ2) is 9.31. The summed E-state index contributed by atoms with van der Waals surface area (Å²) in [7, 11) is 1.58. The minimum absolute atomic E-state index is 0.0108. The van der Waals surface area contributed by atoms with Crippen LogP contribution in [0.3, 0.4) is 0 Å². The molecule has 2 amide bonds. The summed E-state index contributed by atoms with van der Waals surface area (Å²) in [4.78, 5) is 34.2. The number of hydrogen-bond acceptors (Lipinski definition) is 7. The van der Waals surface area contributed by atoms with Crippen molar-refractivity contribution in [3.63, 3.8) is 0 Å². The van der Waals surface area contributed by atoms with Crippen molar-refractivity contribution >= 4 is 52.0 Å². The number of pyridine rings is 1. The monoisotopic (exact) mass is 516 g/mol.